The molecule has 2 aliphatic heterocycles. The first-order chi connectivity index (χ1) is 16.7. The summed E-state index contributed by atoms with van der Waals surface area (Å²) < 4.78 is 33.7. The number of ether oxygens (including phenoxy) is 1. The van der Waals surface area contributed by atoms with Crippen molar-refractivity contribution >= 4 is 39.1 Å². The van der Waals surface area contributed by atoms with Crippen LogP contribution in [0.25, 0.3) is 0 Å². The summed E-state index contributed by atoms with van der Waals surface area (Å²) in [6.45, 7) is 4.87. The van der Waals surface area contributed by atoms with Gasteiger partial charge in [0.1, 0.15) is 11.4 Å². The minimum Gasteiger partial charge on any atom is -0.487 e. The molecule has 0 radical (unpaired) electrons. The Hall–Kier alpha value is -1.80. The molecule has 4 rings (SSSR count). The molecule has 0 bridgehead atoms. The number of piperidine rings is 1. The molecule has 1 saturated heterocycles. The van der Waals surface area contributed by atoms with Gasteiger partial charge in [-0.05, 0) is 49.4 Å². The van der Waals surface area contributed by atoms with Crippen molar-refractivity contribution in [2.24, 2.45) is 5.92 Å². The van der Waals surface area contributed by atoms with Gasteiger partial charge in [0, 0.05) is 31.0 Å². The Morgan fingerprint density at radius 1 is 1.09 bits per heavy atom. The highest BCUT2D eigenvalue weighted by Gasteiger charge is 2.40. The number of carbonyl (C=O) groups is 1. The van der Waals surface area contributed by atoms with Crippen LogP contribution >= 0.6 is 23.2 Å². The van der Waals surface area contributed by atoms with E-state index in [1.54, 1.807) is 18.2 Å². The van der Waals surface area contributed by atoms with E-state index in [0.717, 1.165) is 30.6 Å². The molecule has 0 saturated carbocycles. The lowest BCUT2D eigenvalue weighted by Crippen LogP contribution is -2.47. The first kappa shape index (κ1) is 26.3. The minimum atomic E-state index is -3.52. The zero-order valence-electron chi connectivity index (χ0n) is 20.1. The van der Waals surface area contributed by atoms with Crippen molar-refractivity contribution in [2.75, 3.05) is 13.1 Å². The molecule has 2 aliphatic rings. The van der Waals surface area contributed by atoms with E-state index in [1.165, 1.54) is 4.31 Å². The predicted octanol–water partition coefficient (Wildman–Crippen LogP) is 5.73. The van der Waals surface area contributed by atoms with Crippen LogP contribution in [0.4, 0.5) is 0 Å². The SMILES string of the molecule is CCC1(CC)CC(NC(=O)C2CCN(S(=O)(=O)Cc3ccc(Cl)c(Cl)c3)CC2)c2ccccc2O1. The normalized spacial score (nSPS) is 20.6. The number of hydrogen-bond acceptors (Lipinski definition) is 4. The lowest BCUT2D eigenvalue weighted by molar-refractivity contribution is -0.127. The summed E-state index contributed by atoms with van der Waals surface area (Å²) in [6, 6.07) is 12.6. The van der Waals surface area contributed by atoms with E-state index in [9.17, 15) is 13.2 Å². The molecular formula is C26H32Cl2N2O4S. The number of sulfonamides is 1. The highest BCUT2D eigenvalue weighted by Crippen LogP contribution is 2.43. The van der Waals surface area contributed by atoms with Crippen molar-refractivity contribution in [1.29, 1.82) is 0 Å². The van der Waals surface area contributed by atoms with Crippen molar-refractivity contribution in [3.05, 3.63) is 63.6 Å². The molecule has 190 valence electrons. The van der Waals surface area contributed by atoms with Gasteiger partial charge in [0.2, 0.25) is 15.9 Å². The van der Waals surface area contributed by atoms with Gasteiger partial charge >= 0.3 is 0 Å². The zero-order valence-corrected chi connectivity index (χ0v) is 22.4. The second kappa shape index (κ2) is 10.7. The number of nitrogens with zero attached hydrogens (tertiary/aromatic N) is 1. The maximum atomic E-state index is 13.2. The van der Waals surface area contributed by atoms with E-state index in [1.807, 2.05) is 24.3 Å². The predicted molar refractivity (Wildman–Crippen MR) is 139 cm³/mol. The maximum Gasteiger partial charge on any atom is 0.223 e. The van der Waals surface area contributed by atoms with Gasteiger partial charge in [-0.3, -0.25) is 4.79 Å². The number of nitrogens with one attached hydrogen (secondary N) is 1. The fourth-order valence-corrected chi connectivity index (χ4v) is 6.92. The first-order valence-corrected chi connectivity index (χ1v) is 14.5. The highest BCUT2D eigenvalue weighted by molar-refractivity contribution is 7.88. The molecule has 1 atom stereocenters. The Bertz CT molecular complexity index is 1180. The van der Waals surface area contributed by atoms with Crippen LogP contribution in [0.5, 0.6) is 5.75 Å². The van der Waals surface area contributed by atoms with Gasteiger partial charge in [-0.15, -0.1) is 0 Å². The van der Waals surface area contributed by atoms with Crippen molar-refractivity contribution in [3.8, 4) is 5.75 Å². The molecule has 2 aromatic rings. The van der Waals surface area contributed by atoms with Crippen molar-refractivity contribution < 1.29 is 17.9 Å². The molecule has 1 fully saturated rings. The van der Waals surface area contributed by atoms with E-state index in [-0.39, 0.29) is 29.2 Å². The zero-order chi connectivity index (χ0) is 25.2. The molecule has 1 N–H and O–H groups in total. The Morgan fingerprint density at radius 2 is 1.77 bits per heavy atom. The van der Waals surface area contributed by atoms with Crippen LogP contribution in [0, 0.1) is 5.92 Å². The van der Waals surface area contributed by atoms with Crippen molar-refractivity contribution in [2.45, 2.75) is 63.3 Å². The van der Waals surface area contributed by atoms with Crippen LogP contribution in [0.1, 0.15) is 63.1 Å². The Morgan fingerprint density at radius 3 is 2.43 bits per heavy atom. The molecular weight excluding hydrogens is 507 g/mol. The lowest BCUT2D eigenvalue weighted by Gasteiger charge is -2.42. The third-order valence-electron chi connectivity index (χ3n) is 7.35. The topological polar surface area (TPSA) is 75.7 Å². The summed E-state index contributed by atoms with van der Waals surface area (Å²) >= 11 is 12.0. The van der Waals surface area contributed by atoms with Crippen LogP contribution in [0.2, 0.25) is 10.0 Å². The second-order valence-electron chi connectivity index (χ2n) is 9.47. The Balaban J connectivity index is 1.39. The number of carbonyl (C=O) groups excluding carboxylic acids is 1. The van der Waals surface area contributed by atoms with Gasteiger partial charge < -0.3 is 10.1 Å². The smallest absolute Gasteiger partial charge is 0.223 e. The average molecular weight is 540 g/mol. The summed E-state index contributed by atoms with van der Waals surface area (Å²) in [5.74, 6) is 0.444. The Labute approximate surface area is 218 Å². The maximum absolute atomic E-state index is 13.2. The third kappa shape index (κ3) is 5.79. The standard InChI is InChI=1S/C26H32Cl2N2O4S/c1-3-26(4-2)16-23(20-7-5-6-8-24(20)34-26)29-25(31)19-11-13-30(14-12-19)35(32,33)17-18-9-10-21(27)22(28)15-18/h5-10,15,19,23H,3-4,11-14,16-17H2,1-2H3,(H,29,31). The molecule has 0 aliphatic carbocycles. The summed E-state index contributed by atoms with van der Waals surface area (Å²) in [5.41, 5.74) is 1.29. The molecule has 1 amide bonds. The fourth-order valence-electron chi connectivity index (χ4n) is 5.05. The van der Waals surface area contributed by atoms with Crippen LogP contribution in [0.3, 0.4) is 0 Å². The monoisotopic (exact) mass is 538 g/mol. The van der Waals surface area contributed by atoms with E-state index >= 15 is 0 Å². The lowest BCUT2D eigenvalue weighted by atomic mass is 9.83. The van der Waals surface area contributed by atoms with Gasteiger partial charge in [-0.1, -0.05) is 61.3 Å². The Kier molecular flexibility index (Phi) is 8.01. The molecule has 35 heavy (non-hydrogen) atoms. The van der Waals surface area contributed by atoms with E-state index in [0.29, 0.717) is 41.5 Å². The molecule has 6 nitrogen and oxygen atoms in total. The number of hydrogen-bond donors (Lipinski definition) is 1. The minimum absolute atomic E-state index is 0.0191. The van der Waals surface area contributed by atoms with Crippen molar-refractivity contribution in [1.82, 2.24) is 9.62 Å². The van der Waals surface area contributed by atoms with Crippen LogP contribution in [-0.4, -0.2) is 37.3 Å². The summed E-state index contributed by atoms with van der Waals surface area (Å²) in [4.78, 5) is 13.2. The molecule has 2 aromatic carbocycles. The first-order valence-electron chi connectivity index (χ1n) is 12.2. The molecule has 9 heteroatoms. The molecule has 1 unspecified atom stereocenters. The van der Waals surface area contributed by atoms with E-state index in [4.69, 9.17) is 27.9 Å². The number of rotatable bonds is 7. The van der Waals surface area contributed by atoms with Gasteiger partial charge in [0.25, 0.3) is 0 Å². The van der Waals surface area contributed by atoms with Crippen LogP contribution in [0.15, 0.2) is 42.5 Å². The average Bonchev–Trinajstić information content (AvgIpc) is 2.86. The number of halogens is 2. The van der Waals surface area contributed by atoms with Gasteiger partial charge in [-0.2, -0.15) is 0 Å². The number of para-hydroxylation sites is 1. The van der Waals surface area contributed by atoms with Crippen molar-refractivity contribution in [3.63, 3.8) is 0 Å². The van der Waals surface area contributed by atoms with Gasteiger partial charge in [-0.25, -0.2) is 12.7 Å². The molecule has 0 spiro atoms. The summed E-state index contributed by atoms with van der Waals surface area (Å²) in [6.07, 6.45) is 3.42. The van der Waals surface area contributed by atoms with E-state index in [2.05, 4.69) is 19.2 Å². The highest BCUT2D eigenvalue weighted by atomic mass is 35.5. The summed E-state index contributed by atoms with van der Waals surface area (Å²) in [5, 5.41) is 3.98. The third-order valence-corrected chi connectivity index (χ3v) is 9.94. The van der Waals surface area contributed by atoms with Gasteiger partial charge in [0.05, 0.1) is 21.8 Å². The van der Waals surface area contributed by atoms with Crippen LogP contribution in [-0.2, 0) is 20.6 Å². The largest absolute Gasteiger partial charge is 0.487 e. The van der Waals surface area contributed by atoms with Gasteiger partial charge in [0.15, 0.2) is 0 Å². The number of fused-ring (bicyclic) bond motifs is 1. The molecule has 2 heterocycles. The summed E-state index contributed by atoms with van der Waals surface area (Å²) in [7, 11) is -3.52. The quantitative estimate of drug-likeness (QED) is 0.488. The second-order valence-corrected chi connectivity index (χ2v) is 12.3. The van der Waals surface area contributed by atoms with E-state index < -0.39 is 10.0 Å². The molecule has 0 aromatic heterocycles. The number of benzene rings is 2. The van der Waals surface area contributed by atoms with Crippen LogP contribution < -0.4 is 10.1 Å². The fraction of sp³-hybridized carbons (Fsp3) is 0.500. The number of amides is 1.